The Labute approximate surface area is 178 Å². The Hall–Kier alpha value is -2.95. The second-order valence-electron chi connectivity index (χ2n) is 7.94. The molecule has 30 heavy (non-hydrogen) atoms. The zero-order chi connectivity index (χ0) is 21.5. The molecule has 1 saturated heterocycles. The fourth-order valence-corrected chi connectivity index (χ4v) is 3.91. The van der Waals surface area contributed by atoms with Crippen molar-refractivity contribution in [2.75, 3.05) is 18.0 Å². The Bertz CT molecular complexity index is 894. The van der Waals surface area contributed by atoms with Crippen molar-refractivity contribution in [3.05, 3.63) is 54.6 Å². The molecule has 5 heteroatoms. The molecule has 0 bridgehead atoms. The lowest BCUT2D eigenvalue weighted by Crippen LogP contribution is -2.58. The number of piperazine rings is 1. The zero-order valence-corrected chi connectivity index (χ0v) is 17.8. The molecule has 1 aliphatic rings. The minimum Gasteiger partial charge on any atom is -0.329 e. The van der Waals surface area contributed by atoms with E-state index in [1.807, 2.05) is 47.4 Å². The summed E-state index contributed by atoms with van der Waals surface area (Å²) in [6.07, 6.45) is 3.28. The van der Waals surface area contributed by atoms with E-state index in [-0.39, 0.29) is 43.0 Å². The molecule has 0 radical (unpaired) electrons. The van der Waals surface area contributed by atoms with Crippen LogP contribution in [0.3, 0.4) is 0 Å². The SMILES string of the molecule is CCCCC1CN(c2cccc(-c3ccccc3)c2)C(=O)CN1C(=O)CCC(C)=O. The molecule has 2 amide bonds. The average molecular weight is 407 g/mol. The molecule has 1 atom stereocenters. The maximum absolute atomic E-state index is 13.0. The monoisotopic (exact) mass is 406 g/mol. The summed E-state index contributed by atoms with van der Waals surface area (Å²) in [5.74, 6) is -0.183. The third-order valence-electron chi connectivity index (χ3n) is 5.61. The van der Waals surface area contributed by atoms with E-state index in [9.17, 15) is 14.4 Å². The molecule has 0 saturated carbocycles. The standard InChI is InChI=1S/C25H30N2O3/c1-3-4-12-23-17-26(25(30)18-27(23)24(29)15-14-19(2)28)22-13-8-11-21(16-22)20-9-6-5-7-10-20/h5-11,13,16,23H,3-4,12,14-15,17-18H2,1-2H3. The van der Waals surface area contributed by atoms with E-state index in [0.717, 1.165) is 36.1 Å². The van der Waals surface area contributed by atoms with Crippen LogP contribution in [0.5, 0.6) is 0 Å². The number of hydrogen-bond donors (Lipinski definition) is 0. The lowest BCUT2D eigenvalue weighted by molar-refractivity contribution is -0.140. The van der Waals surface area contributed by atoms with Gasteiger partial charge in [0.1, 0.15) is 12.3 Å². The van der Waals surface area contributed by atoms with E-state index in [1.165, 1.54) is 6.92 Å². The third kappa shape index (κ3) is 5.35. The fraction of sp³-hybridized carbons (Fsp3) is 0.400. The molecule has 3 rings (SSSR count). The quantitative estimate of drug-likeness (QED) is 0.650. The Kier molecular flexibility index (Phi) is 7.39. The third-order valence-corrected chi connectivity index (χ3v) is 5.61. The van der Waals surface area contributed by atoms with Crippen LogP contribution in [0.4, 0.5) is 5.69 Å². The zero-order valence-electron chi connectivity index (χ0n) is 17.8. The summed E-state index contributed by atoms with van der Waals surface area (Å²) < 4.78 is 0. The number of benzene rings is 2. The Balaban J connectivity index is 1.81. The highest BCUT2D eigenvalue weighted by Crippen LogP contribution is 2.28. The van der Waals surface area contributed by atoms with Gasteiger partial charge in [0.25, 0.3) is 0 Å². The van der Waals surface area contributed by atoms with Gasteiger partial charge in [-0.1, -0.05) is 62.2 Å². The molecule has 0 aromatic heterocycles. The summed E-state index contributed by atoms with van der Waals surface area (Å²) in [7, 11) is 0. The number of anilines is 1. The first-order valence-corrected chi connectivity index (χ1v) is 10.7. The van der Waals surface area contributed by atoms with Crippen LogP contribution >= 0.6 is 0 Å². The van der Waals surface area contributed by atoms with Gasteiger partial charge in [0.15, 0.2) is 0 Å². The second-order valence-corrected chi connectivity index (χ2v) is 7.94. The second kappa shape index (κ2) is 10.2. The van der Waals surface area contributed by atoms with E-state index in [0.29, 0.717) is 6.54 Å². The van der Waals surface area contributed by atoms with Gasteiger partial charge in [-0.15, -0.1) is 0 Å². The first-order chi connectivity index (χ1) is 14.5. The number of carbonyl (C=O) groups excluding carboxylic acids is 3. The molecule has 2 aromatic carbocycles. The van der Waals surface area contributed by atoms with Crippen molar-refractivity contribution >= 4 is 23.3 Å². The predicted molar refractivity (Wildman–Crippen MR) is 119 cm³/mol. The molecule has 0 spiro atoms. The Morgan fingerprint density at radius 1 is 1.00 bits per heavy atom. The molecule has 5 nitrogen and oxygen atoms in total. The van der Waals surface area contributed by atoms with Crippen molar-refractivity contribution in [1.82, 2.24) is 4.90 Å². The van der Waals surface area contributed by atoms with Crippen LogP contribution in [0.25, 0.3) is 11.1 Å². The number of hydrogen-bond acceptors (Lipinski definition) is 3. The Morgan fingerprint density at radius 3 is 2.43 bits per heavy atom. The largest absolute Gasteiger partial charge is 0.329 e. The van der Waals surface area contributed by atoms with Gasteiger partial charge in [0, 0.05) is 25.1 Å². The number of amides is 2. The van der Waals surface area contributed by atoms with Gasteiger partial charge in [0.05, 0.1) is 6.04 Å². The topological polar surface area (TPSA) is 57.7 Å². The molecule has 1 unspecified atom stereocenters. The van der Waals surface area contributed by atoms with Crippen LogP contribution in [0.1, 0.15) is 46.0 Å². The predicted octanol–water partition coefficient (Wildman–Crippen LogP) is 4.46. The number of nitrogens with zero attached hydrogens (tertiary/aromatic N) is 2. The van der Waals surface area contributed by atoms with Crippen LogP contribution in [0.15, 0.2) is 54.6 Å². The number of Topliss-reactive ketones (excluding diaryl/α,β-unsaturated/α-hetero) is 1. The molecule has 1 aliphatic heterocycles. The summed E-state index contributed by atoms with van der Waals surface area (Å²) in [5, 5.41) is 0. The number of rotatable bonds is 8. The molecular formula is C25H30N2O3. The van der Waals surface area contributed by atoms with Crippen molar-refractivity contribution in [1.29, 1.82) is 0 Å². The maximum Gasteiger partial charge on any atom is 0.246 e. The Morgan fingerprint density at radius 2 is 1.73 bits per heavy atom. The highest BCUT2D eigenvalue weighted by molar-refractivity contribution is 5.99. The van der Waals surface area contributed by atoms with Gasteiger partial charge in [0.2, 0.25) is 11.8 Å². The van der Waals surface area contributed by atoms with Crippen molar-refractivity contribution in [3.8, 4) is 11.1 Å². The molecule has 0 aliphatic carbocycles. The minimum atomic E-state index is -0.0997. The van der Waals surface area contributed by atoms with Crippen molar-refractivity contribution in [2.45, 2.75) is 52.0 Å². The summed E-state index contributed by atoms with van der Waals surface area (Å²) in [5.41, 5.74) is 3.03. The smallest absolute Gasteiger partial charge is 0.246 e. The van der Waals surface area contributed by atoms with E-state index >= 15 is 0 Å². The van der Waals surface area contributed by atoms with Gasteiger partial charge in [-0.25, -0.2) is 0 Å². The minimum absolute atomic E-state index is 0.00357. The molecule has 158 valence electrons. The maximum atomic E-state index is 13.0. The van der Waals surface area contributed by atoms with Crippen molar-refractivity contribution in [3.63, 3.8) is 0 Å². The van der Waals surface area contributed by atoms with Crippen LogP contribution in [0.2, 0.25) is 0 Å². The van der Waals surface area contributed by atoms with Crippen molar-refractivity contribution < 1.29 is 14.4 Å². The first-order valence-electron chi connectivity index (χ1n) is 10.7. The normalized spacial score (nSPS) is 16.6. The van der Waals surface area contributed by atoms with E-state index in [2.05, 4.69) is 19.1 Å². The van der Waals surface area contributed by atoms with Gasteiger partial charge in [-0.3, -0.25) is 9.59 Å². The summed E-state index contributed by atoms with van der Waals surface area (Å²) in [6.45, 7) is 4.17. The van der Waals surface area contributed by atoms with Crippen LogP contribution < -0.4 is 4.90 Å². The molecule has 2 aromatic rings. The molecule has 0 N–H and O–H groups in total. The van der Waals surface area contributed by atoms with E-state index < -0.39 is 0 Å². The molecular weight excluding hydrogens is 376 g/mol. The number of carbonyl (C=O) groups is 3. The van der Waals surface area contributed by atoms with E-state index in [1.54, 1.807) is 4.90 Å². The van der Waals surface area contributed by atoms with Crippen LogP contribution in [-0.4, -0.2) is 41.6 Å². The van der Waals surface area contributed by atoms with Gasteiger partial charge >= 0.3 is 0 Å². The van der Waals surface area contributed by atoms with Crippen molar-refractivity contribution in [2.24, 2.45) is 0 Å². The average Bonchev–Trinajstić information content (AvgIpc) is 2.77. The molecule has 1 heterocycles. The van der Waals surface area contributed by atoms with E-state index in [4.69, 9.17) is 0 Å². The first kappa shape index (κ1) is 21.8. The summed E-state index contributed by atoms with van der Waals surface area (Å²) in [4.78, 5) is 40.5. The van der Waals surface area contributed by atoms with Gasteiger partial charge in [-0.05, 0) is 36.6 Å². The summed E-state index contributed by atoms with van der Waals surface area (Å²) in [6, 6.07) is 18.1. The van der Waals surface area contributed by atoms with Gasteiger partial charge < -0.3 is 14.6 Å². The lowest BCUT2D eigenvalue weighted by Gasteiger charge is -2.41. The molecule has 1 fully saturated rings. The van der Waals surface area contributed by atoms with Crippen LogP contribution in [-0.2, 0) is 14.4 Å². The van der Waals surface area contributed by atoms with Crippen LogP contribution in [0, 0.1) is 0 Å². The summed E-state index contributed by atoms with van der Waals surface area (Å²) >= 11 is 0. The highest BCUT2D eigenvalue weighted by Gasteiger charge is 2.35. The fourth-order valence-electron chi connectivity index (χ4n) is 3.91. The van der Waals surface area contributed by atoms with Gasteiger partial charge in [-0.2, -0.15) is 0 Å². The lowest BCUT2D eigenvalue weighted by atomic mass is 10.0. The number of unbranched alkanes of at least 4 members (excludes halogenated alkanes) is 1. The number of ketones is 1. The highest BCUT2D eigenvalue weighted by atomic mass is 16.2.